The highest BCUT2D eigenvalue weighted by Gasteiger charge is 2.28. The van der Waals surface area contributed by atoms with Crippen LogP contribution in [-0.4, -0.2) is 24.6 Å². The average Bonchev–Trinajstić information content (AvgIpc) is 2.79. The molecule has 0 saturated heterocycles. The van der Waals surface area contributed by atoms with Gasteiger partial charge in [-0.05, 0) is 44.4 Å². The van der Waals surface area contributed by atoms with Gasteiger partial charge in [0.2, 0.25) is 29.1 Å². The van der Waals surface area contributed by atoms with E-state index < -0.39 is 59.0 Å². The van der Waals surface area contributed by atoms with E-state index in [0.29, 0.717) is 16.5 Å². The lowest BCUT2D eigenvalue weighted by Crippen LogP contribution is -2.20. The summed E-state index contributed by atoms with van der Waals surface area (Å²) in [5.74, 6) is -15.0. The minimum absolute atomic E-state index is 0.0289. The number of rotatable bonds is 8. The van der Waals surface area contributed by atoms with E-state index in [1.165, 1.54) is 18.2 Å². The zero-order valence-corrected chi connectivity index (χ0v) is 19.2. The maximum atomic E-state index is 13.8. The fourth-order valence-electron chi connectivity index (χ4n) is 3.23. The van der Waals surface area contributed by atoms with Gasteiger partial charge in [-0.25, -0.2) is 22.8 Å². The van der Waals surface area contributed by atoms with Crippen LogP contribution in [0.5, 0.6) is 11.5 Å². The molecule has 0 radical (unpaired) electrons. The Morgan fingerprint density at radius 2 is 1.53 bits per heavy atom. The number of fused-ring (bicyclic) bond motifs is 1. The Morgan fingerprint density at radius 3 is 2.14 bits per heavy atom. The quantitative estimate of drug-likeness (QED) is 0.108. The van der Waals surface area contributed by atoms with E-state index in [0.717, 1.165) is 0 Å². The summed E-state index contributed by atoms with van der Waals surface area (Å²) in [6, 6.07) is 3.95. The van der Waals surface area contributed by atoms with Crippen LogP contribution in [0.15, 0.2) is 27.4 Å². The maximum absolute atomic E-state index is 13.8. The van der Waals surface area contributed by atoms with Gasteiger partial charge >= 0.3 is 17.6 Å². The second-order valence-electron chi connectivity index (χ2n) is 7.90. The Kier molecular flexibility index (Phi) is 7.96. The molecule has 0 amide bonds. The van der Waals surface area contributed by atoms with Crippen molar-refractivity contribution in [3.63, 3.8) is 0 Å². The molecule has 36 heavy (non-hydrogen) atoms. The van der Waals surface area contributed by atoms with Crippen LogP contribution < -0.4 is 15.1 Å². The largest absolute Gasteiger partial charge is 0.476 e. The summed E-state index contributed by atoms with van der Waals surface area (Å²) in [5.41, 5.74) is 0.210. The van der Waals surface area contributed by atoms with E-state index in [1.54, 1.807) is 20.8 Å². The lowest BCUT2D eigenvalue weighted by Gasteiger charge is -2.14. The molecule has 1 heterocycles. The Balaban J connectivity index is 1.87. The number of benzene rings is 2. The van der Waals surface area contributed by atoms with Gasteiger partial charge in [-0.3, -0.25) is 4.79 Å². The van der Waals surface area contributed by atoms with Gasteiger partial charge in [-0.2, -0.15) is 8.78 Å². The van der Waals surface area contributed by atoms with Crippen LogP contribution >= 0.6 is 0 Å². The highest BCUT2D eigenvalue weighted by atomic mass is 19.2. The highest BCUT2D eigenvalue weighted by molar-refractivity contribution is 5.84. The first kappa shape index (κ1) is 26.6. The van der Waals surface area contributed by atoms with Crippen LogP contribution in [0, 0.1) is 36.0 Å². The third-order valence-electron chi connectivity index (χ3n) is 4.83. The number of hydrogen-bond donors (Lipinski definition) is 0. The van der Waals surface area contributed by atoms with Gasteiger partial charge in [0, 0.05) is 23.9 Å². The van der Waals surface area contributed by atoms with E-state index in [2.05, 4.69) is 4.74 Å². The molecular formula is C24H19F5O7. The topological polar surface area (TPSA) is 92.0 Å². The minimum Gasteiger partial charge on any atom is -0.476 e. The number of hydrogen-bond acceptors (Lipinski definition) is 7. The van der Waals surface area contributed by atoms with Gasteiger partial charge in [0.1, 0.15) is 11.3 Å². The number of aryl methyl sites for hydroxylation is 2. The molecule has 0 unspecified atom stereocenters. The van der Waals surface area contributed by atoms with E-state index >= 15 is 0 Å². The van der Waals surface area contributed by atoms with Crippen molar-refractivity contribution >= 4 is 22.9 Å². The summed E-state index contributed by atoms with van der Waals surface area (Å²) in [4.78, 5) is 36.0. The first-order valence-corrected chi connectivity index (χ1v) is 10.5. The van der Waals surface area contributed by atoms with Crippen molar-refractivity contribution in [3.8, 4) is 11.5 Å². The molecule has 0 saturated carbocycles. The predicted octanol–water partition coefficient (Wildman–Crippen LogP) is 4.67. The molecular weight excluding hydrogens is 495 g/mol. The van der Waals surface area contributed by atoms with Crippen LogP contribution in [-0.2, 0) is 20.7 Å². The number of ether oxygens (including phenoxy) is 3. The summed E-state index contributed by atoms with van der Waals surface area (Å²) < 4.78 is 87.2. The van der Waals surface area contributed by atoms with Crippen molar-refractivity contribution in [1.29, 1.82) is 0 Å². The molecule has 7 nitrogen and oxygen atoms in total. The summed E-state index contributed by atoms with van der Waals surface area (Å²) >= 11 is 0. The second kappa shape index (κ2) is 10.8. The minimum atomic E-state index is -2.38. The van der Waals surface area contributed by atoms with E-state index in [9.17, 15) is 36.3 Å². The van der Waals surface area contributed by atoms with Crippen LogP contribution in [0.1, 0.15) is 31.4 Å². The number of esters is 2. The third kappa shape index (κ3) is 5.81. The van der Waals surface area contributed by atoms with Gasteiger partial charge in [0.05, 0.1) is 6.10 Å². The number of carbonyl (C=O) groups excluding carboxylic acids is 2. The molecule has 0 bridgehead atoms. The molecule has 0 fully saturated rings. The number of carbonyl (C=O) groups is 2. The molecule has 1 aromatic heterocycles. The fourth-order valence-corrected chi connectivity index (χ4v) is 3.23. The Hall–Kier alpha value is -3.96. The smallest absolute Gasteiger partial charge is 0.349 e. The van der Waals surface area contributed by atoms with E-state index in [1.807, 2.05) is 0 Å². The van der Waals surface area contributed by atoms with Crippen LogP contribution in [0.25, 0.3) is 11.0 Å². The van der Waals surface area contributed by atoms with Crippen LogP contribution in [0.4, 0.5) is 22.0 Å². The fraction of sp³-hybridized carbons (Fsp3) is 0.292. The Bertz CT molecular complexity index is 1370. The summed E-state index contributed by atoms with van der Waals surface area (Å²) in [6.45, 7) is 3.73. The second-order valence-corrected chi connectivity index (χ2v) is 7.90. The predicted molar refractivity (Wildman–Crippen MR) is 114 cm³/mol. The number of halogens is 5. The molecule has 0 aliphatic heterocycles. The van der Waals surface area contributed by atoms with Gasteiger partial charge < -0.3 is 18.6 Å². The molecule has 0 spiro atoms. The van der Waals surface area contributed by atoms with Crippen LogP contribution in [0.3, 0.4) is 0 Å². The summed E-state index contributed by atoms with van der Waals surface area (Å²) in [5, 5.41) is 0.485. The third-order valence-corrected chi connectivity index (χ3v) is 4.83. The first-order chi connectivity index (χ1) is 16.9. The summed E-state index contributed by atoms with van der Waals surface area (Å²) in [7, 11) is 0. The van der Waals surface area contributed by atoms with E-state index in [4.69, 9.17) is 13.9 Å². The van der Waals surface area contributed by atoms with Crippen molar-refractivity contribution in [2.75, 3.05) is 6.61 Å². The zero-order chi connectivity index (χ0) is 26.7. The molecule has 3 aromatic rings. The molecule has 0 N–H and O–H groups in total. The first-order valence-electron chi connectivity index (χ1n) is 10.5. The van der Waals surface area contributed by atoms with Gasteiger partial charge in [-0.15, -0.1) is 0 Å². The monoisotopic (exact) mass is 514 g/mol. The standard InChI is InChI=1S/C24H19F5O7/c1-10(2)34-16(30)5-4-12-7-13-11(3)6-17(31)36-15(13)8-14(12)35-18(32)9-33-24-22(28)20(26)19(25)21(27)23(24)29/h6-8,10H,4-5,9H2,1-3H3. The molecule has 0 aliphatic carbocycles. The maximum Gasteiger partial charge on any atom is 0.349 e. The average molecular weight is 514 g/mol. The van der Waals surface area contributed by atoms with Crippen LogP contribution in [0.2, 0.25) is 0 Å². The van der Waals surface area contributed by atoms with E-state index in [-0.39, 0.29) is 30.3 Å². The van der Waals surface area contributed by atoms with Crippen molar-refractivity contribution in [2.24, 2.45) is 0 Å². The molecule has 0 atom stereocenters. The lowest BCUT2D eigenvalue weighted by molar-refractivity contribution is -0.147. The molecule has 12 heteroatoms. The van der Waals surface area contributed by atoms with Gasteiger partial charge in [-0.1, -0.05) is 0 Å². The molecule has 3 rings (SSSR count). The normalized spacial score (nSPS) is 11.1. The van der Waals surface area contributed by atoms with Crippen molar-refractivity contribution < 1.29 is 50.2 Å². The molecule has 0 aliphatic rings. The zero-order valence-electron chi connectivity index (χ0n) is 19.2. The van der Waals surface area contributed by atoms with Crippen molar-refractivity contribution in [1.82, 2.24) is 0 Å². The Morgan fingerprint density at radius 1 is 0.917 bits per heavy atom. The summed E-state index contributed by atoms with van der Waals surface area (Å²) in [6.07, 6.45) is -0.436. The highest BCUT2D eigenvalue weighted by Crippen LogP contribution is 2.31. The van der Waals surface area contributed by atoms with Crippen molar-refractivity contribution in [2.45, 2.75) is 39.7 Å². The molecule has 2 aromatic carbocycles. The Labute approximate surface area is 200 Å². The lowest BCUT2D eigenvalue weighted by atomic mass is 10.0. The molecule has 192 valence electrons. The van der Waals surface area contributed by atoms with Gasteiger partial charge in [0.15, 0.2) is 12.4 Å². The van der Waals surface area contributed by atoms with Crippen molar-refractivity contribution in [3.05, 3.63) is 68.8 Å². The van der Waals surface area contributed by atoms with Gasteiger partial charge in [0.25, 0.3) is 0 Å². The SMILES string of the molecule is Cc1cc(=O)oc2cc(OC(=O)COc3c(F)c(F)c(F)c(F)c3F)c(CCC(=O)OC(C)C)cc12.